The van der Waals surface area contributed by atoms with Gasteiger partial charge in [0.05, 0.1) is 5.60 Å². The van der Waals surface area contributed by atoms with E-state index in [-0.39, 0.29) is 0 Å². The van der Waals surface area contributed by atoms with Crippen LogP contribution in [0.1, 0.15) is 44.2 Å². The van der Waals surface area contributed by atoms with Crippen molar-refractivity contribution in [3.63, 3.8) is 0 Å². The quantitative estimate of drug-likeness (QED) is 0.768. The Hall–Kier alpha value is -1.02. The zero-order valence-corrected chi connectivity index (χ0v) is 10.2. The van der Waals surface area contributed by atoms with Crippen LogP contribution in [0.25, 0.3) is 0 Å². The maximum atomic E-state index is 10.9. The molecule has 1 unspecified atom stereocenters. The number of nitrogens with two attached hydrogens (primary N) is 1. The smallest absolute Gasteiger partial charge is 0.0930 e. The zero-order chi connectivity index (χ0) is 11.8. The van der Waals surface area contributed by atoms with Gasteiger partial charge in [0.1, 0.15) is 0 Å². The van der Waals surface area contributed by atoms with Gasteiger partial charge < -0.3 is 10.8 Å². The number of aliphatic hydroxyl groups is 1. The van der Waals surface area contributed by atoms with Crippen LogP contribution >= 0.6 is 0 Å². The predicted molar refractivity (Wildman–Crippen MR) is 67.1 cm³/mol. The summed E-state index contributed by atoms with van der Waals surface area (Å²) in [6.45, 7) is 4.31. The van der Waals surface area contributed by atoms with E-state index in [0.29, 0.717) is 5.92 Å². The summed E-state index contributed by atoms with van der Waals surface area (Å²) in [5.74, 6) is 0.359. The van der Waals surface area contributed by atoms with E-state index in [1.165, 1.54) is 5.56 Å². The molecule has 3 N–H and O–H groups in total. The van der Waals surface area contributed by atoms with Gasteiger partial charge in [-0.1, -0.05) is 32.8 Å². The number of hydrogen-bond donors (Lipinski definition) is 2. The molecule has 0 bridgehead atoms. The monoisotopic (exact) mass is 219 g/mol. The molecule has 2 heteroatoms. The van der Waals surface area contributed by atoms with Gasteiger partial charge in [-0.25, -0.2) is 0 Å². The van der Waals surface area contributed by atoms with Gasteiger partial charge in [0.15, 0.2) is 0 Å². The molecule has 1 aliphatic carbocycles. The van der Waals surface area contributed by atoms with Crippen LogP contribution in [0, 0.1) is 5.92 Å². The van der Waals surface area contributed by atoms with Crippen LogP contribution in [0.5, 0.6) is 0 Å². The van der Waals surface area contributed by atoms with Crippen LogP contribution in [-0.4, -0.2) is 5.11 Å². The van der Waals surface area contributed by atoms with Gasteiger partial charge in [0.2, 0.25) is 0 Å². The molecule has 16 heavy (non-hydrogen) atoms. The molecule has 0 aliphatic heterocycles. The molecule has 1 aromatic carbocycles. The molecular formula is C14H21NO. The van der Waals surface area contributed by atoms with Crippen molar-refractivity contribution >= 4 is 5.69 Å². The van der Waals surface area contributed by atoms with E-state index >= 15 is 0 Å². The molecule has 0 radical (unpaired) electrons. The summed E-state index contributed by atoms with van der Waals surface area (Å²) in [7, 11) is 0. The number of benzene rings is 1. The Balaban J connectivity index is 2.41. The number of fused-ring (bicyclic) bond motifs is 1. The van der Waals surface area contributed by atoms with E-state index in [4.69, 9.17) is 5.73 Å². The van der Waals surface area contributed by atoms with Crippen molar-refractivity contribution in [1.82, 2.24) is 0 Å². The van der Waals surface area contributed by atoms with Crippen LogP contribution < -0.4 is 5.73 Å². The lowest BCUT2D eigenvalue weighted by atomic mass is 9.79. The maximum absolute atomic E-state index is 10.9. The van der Waals surface area contributed by atoms with Crippen LogP contribution in [0.3, 0.4) is 0 Å². The SMILES string of the molecule is CCC(CC)C1(O)CCc2cc(N)ccc21. The highest BCUT2D eigenvalue weighted by Gasteiger charge is 2.41. The first-order valence-corrected chi connectivity index (χ1v) is 6.23. The fraction of sp³-hybridized carbons (Fsp3) is 0.571. The lowest BCUT2D eigenvalue weighted by Crippen LogP contribution is -2.32. The molecule has 0 saturated carbocycles. The normalized spacial score (nSPS) is 23.8. The number of anilines is 1. The molecule has 0 fully saturated rings. The second kappa shape index (κ2) is 4.10. The van der Waals surface area contributed by atoms with E-state index in [1.54, 1.807) is 0 Å². The van der Waals surface area contributed by atoms with Gasteiger partial charge in [-0.2, -0.15) is 0 Å². The predicted octanol–water partition coefficient (Wildman–Crippen LogP) is 2.84. The molecule has 0 spiro atoms. The van der Waals surface area contributed by atoms with Gasteiger partial charge >= 0.3 is 0 Å². The molecule has 1 aliphatic rings. The largest absolute Gasteiger partial charge is 0.399 e. The van der Waals surface area contributed by atoms with Crippen LogP contribution in [0.2, 0.25) is 0 Å². The minimum atomic E-state index is -0.619. The van der Waals surface area contributed by atoms with Gasteiger partial charge in [-0.15, -0.1) is 0 Å². The molecule has 0 heterocycles. The van der Waals surface area contributed by atoms with Crippen LogP contribution in [0.15, 0.2) is 18.2 Å². The van der Waals surface area contributed by atoms with E-state index in [1.807, 2.05) is 18.2 Å². The summed E-state index contributed by atoms with van der Waals surface area (Å²) in [5.41, 5.74) is 8.30. The Kier molecular flexibility index (Phi) is 2.94. The van der Waals surface area contributed by atoms with Crippen molar-refractivity contribution in [2.75, 3.05) is 5.73 Å². The fourth-order valence-electron chi connectivity index (χ4n) is 3.09. The third kappa shape index (κ3) is 1.61. The molecule has 1 atom stereocenters. The first-order valence-electron chi connectivity index (χ1n) is 6.23. The van der Waals surface area contributed by atoms with E-state index in [0.717, 1.165) is 36.9 Å². The van der Waals surface area contributed by atoms with Gasteiger partial charge in [0.25, 0.3) is 0 Å². The number of aryl methyl sites for hydroxylation is 1. The lowest BCUT2D eigenvalue weighted by Gasteiger charge is -2.32. The Labute approximate surface area is 97.5 Å². The average Bonchev–Trinajstić information content (AvgIpc) is 2.58. The Bertz CT molecular complexity index is 384. The molecule has 2 nitrogen and oxygen atoms in total. The van der Waals surface area contributed by atoms with Crippen molar-refractivity contribution in [3.05, 3.63) is 29.3 Å². The highest BCUT2D eigenvalue weighted by molar-refractivity contribution is 5.49. The van der Waals surface area contributed by atoms with Gasteiger partial charge in [-0.3, -0.25) is 0 Å². The van der Waals surface area contributed by atoms with E-state index in [2.05, 4.69) is 13.8 Å². The Morgan fingerprint density at radius 1 is 1.38 bits per heavy atom. The second-order valence-electron chi connectivity index (χ2n) is 4.85. The van der Waals surface area contributed by atoms with Crippen molar-refractivity contribution in [2.24, 2.45) is 5.92 Å². The maximum Gasteiger partial charge on any atom is 0.0930 e. The van der Waals surface area contributed by atoms with Crippen LogP contribution in [0.4, 0.5) is 5.69 Å². The Morgan fingerprint density at radius 3 is 2.69 bits per heavy atom. The molecule has 0 saturated heterocycles. The third-order valence-corrected chi connectivity index (χ3v) is 4.03. The van der Waals surface area contributed by atoms with Crippen molar-refractivity contribution in [2.45, 2.75) is 45.1 Å². The lowest BCUT2D eigenvalue weighted by molar-refractivity contribution is -0.0258. The third-order valence-electron chi connectivity index (χ3n) is 4.03. The highest BCUT2D eigenvalue weighted by Crippen LogP contribution is 2.45. The van der Waals surface area contributed by atoms with E-state index < -0.39 is 5.60 Å². The van der Waals surface area contributed by atoms with E-state index in [9.17, 15) is 5.11 Å². The van der Waals surface area contributed by atoms with Gasteiger partial charge in [0, 0.05) is 5.69 Å². The first-order chi connectivity index (χ1) is 7.61. The number of nitrogen functional groups attached to an aromatic ring is 1. The highest BCUT2D eigenvalue weighted by atomic mass is 16.3. The summed E-state index contributed by atoms with van der Waals surface area (Å²) in [5, 5.41) is 10.9. The van der Waals surface area contributed by atoms with Crippen molar-refractivity contribution in [1.29, 1.82) is 0 Å². The first kappa shape index (κ1) is 11.5. The molecule has 2 rings (SSSR count). The molecule has 0 aromatic heterocycles. The molecule has 0 amide bonds. The Morgan fingerprint density at radius 2 is 2.06 bits per heavy atom. The second-order valence-corrected chi connectivity index (χ2v) is 4.85. The minimum Gasteiger partial charge on any atom is -0.399 e. The number of hydrogen-bond acceptors (Lipinski definition) is 2. The van der Waals surface area contributed by atoms with Gasteiger partial charge in [-0.05, 0) is 42.0 Å². The molecule has 88 valence electrons. The van der Waals surface area contributed by atoms with Crippen molar-refractivity contribution < 1.29 is 5.11 Å². The topological polar surface area (TPSA) is 46.2 Å². The molecule has 1 aromatic rings. The number of rotatable bonds is 3. The minimum absolute atomic E-state index is 0.359. The molecular weight excluding hydrogens is 198 g/mol. The summed E-state index contributed by atoms with van der Waals surface area (Å²) in [6.07, 6.45) is 3.85. The average molecular weight is 219 g/mol. The summed E-state index contributed by atoms with van der Waals surface area (Å²) < 4.78 is 0. The summed E-state index contributed by atoms with van der Waals surface area (Å²) in [4.78, 5) is 0. The van der Waals surface area contributed by atoms with Crippen molar-refractivity contribution in [3.8, 4) is 0 Å². The standard InChI is InChI=1S/C14H21NO/c1-3-11(4-2)14(16)8-7-10-9-12(15)5-6-13(10)14/h5-6,9,11,16H,3-4,7-8,15H2,1-2H3. The van der Waals surface area contributed by atoms with Crippen LogP contribution in [-0.2, 0) is 12.0 Å². The fourth-order valence-corrected chi connectivity index (χ4v) is 3.09. The summed E-state index contributed by atoms with van der Waals surface area (Å²) >= 11 is 0. The summed E-state index contributed by atoms with van der Waals surface area (Å²) in [6, 6.07) is 5.92. The zero-order valence-electron chi connectivity index (χ0n) is 10.2.